The molecule has 0 aliphatic carbocycles. The number of carbonyl (C=O) groups excluding carboxylic acids is 2. The van der Waals surface area contributed by atoms with Crippen molar-refractivity contribution >= 4 is 11.8 Å². The monoisotopic (exact) mass is 733 g/mol. The highest BCUT2D eigenvalue weighted by Crippen LogP contribution is 2.41. The average molecular weight is 734 g/mol. The zero-order valence-corrected chi connectivity index (χ0v) is 33.2. The van der Waals surface area contributed by atoms with Gasteiger partial charge in [0, 0.05) is 44.4 Å². The molecule has 298 valence electrons. The van der Waals surface area contributed by atoms with Crippen LogP contribution in [0.4, 0.5) is 0 Å². The van der Waals surface area contributed by atoms with Gasteiger partial charge in [-0.2, -0.15) is 0 Å². The van der Waals surface area contributed by atoms with Crippen molar-refractivity contribution in [3.05, 3.63) is 0 Å². The lowest BCUT2D eigenvalue weighted by atomic mass is 9.74. The van der Waals surface area contributed by atoms with Crippen LogP contribution in [0, 0.1) is 23.7 Å². The Morgan fingerprint density at radius 3 is 1.94 bits per heavy atom. The van der Waals surface area contributed by atoms with Crippen molar-refractivity contribution in [3.8, 4) is 0 Å². The number of likely N-dealkylation sites (N-methyl/N-ethyl adjacent to an activating group) is 1. The molecular weight excluding hydrogens is 666 g/mol. The number of aliphatic hydroxyl groups is 4. The van der Waals surface area contributed by atoms with Crippen LogP contribution in [-0.2, 0) is 42.7 Å². The molecule has 3 heterocycles. The number of rotatable bonds is 7. The second-order valence-electron chi connectivity index (χ2n) is 16.4. The van der Waals surface area contributed by atoms with E-state index in [1.54, 1.807) is 34.6 Å². The fraction of sp³-hybridized carbons (Fsp3) is 0.946. The first kappa shape index (κ1) is 44.1. The molecule has 4 N–H and O–H groups in total. The van der Waals surface area contributed by atoms with E-state index in [9.17, 15) is 30.0 Å². The molecule has 14 nitrogen and oxygen atoms in total. The number of Topliss-reactive ketones (excluding diaryl/α,β-unsaturated/α-hetero) is 1. The number of carbonyl (C=O) groups is 2. The molecule has 18 atom stereocenters. The molecule has 0 spiro atoms. The van der Waals surface area contributed by atoms with Crippen molar-refractivity contribution in [2.45, 2.75) is 173 Å². The first-order valence-electron chi connectivity index (χ1n) is 18.3. The summed E-state index contributed by atoms with van der Waals surface area (Å²) in [6.07, 6.45) is -8.94. The molecule has 3 aliphatic rings. The Hall–Kier alpha value is -1.30. The standard InChI is InChI=1S/C37H67NO13/c1-18-16-36(9,46-14)32(51-34-28(40)25(38(11)12)15-19(2)47-34)21(4)29(50-26-17-35(8,45-13)31(42)23(6)48-26)22(5)33(43)49-24(7)37(10,44)30(41)20(3)27(18)39/h18-26,28-32,34,40-42,44H,15-17H2,1-14H3/t18-,19-,20+,21+,22-,23+,24-,25+,26+,28-,29+,30-,31+,32-,34+,35-,36-,37+/m1/s1. The Morgan fingerprint density at radius 1 is 0.804 bits per heavy atom. The summed E-state index contributed by atoms with van der Waals surface area (Å²) in [5.74, 6) is -4.50. The number of cyclic esters (lactones) is 1. The minimum absolute atomic E-state index is 0.109. The Morgan fingerprint density at radius 2 is 1.39 bits per heavy atom. The van der Waals surface area contributed by atoms with Gasteiger partial charge < -0.3 is 58.5 Å². The molecule has 0 saturated carbocycles. The van der Waals surface area contributed by atoms with Gasteiger partial charge in [-0.15, -0.1) is 0 Å². The summed E-state index contributed by atoms with van der Waals surface area (Å²) < 4.78 is 43.6. The zero-order chi connectivity index (χ0) is 39.0. The predicted molar refractivity (Wildman–Crippen MR) is 186 cm³/mol. The summed E-state index contributed by atoms with van der Waals surface area (Å²) >= 11 is 0. The lowest BCUT2D eigenvalue weighted by molar-refractivity contribution is -0.319. The van der Waals surface area contributed by atoms with Gasteiger partial charge in [-0.25, -0.2) is 0 Å². The number of methoxy groups -OCH3 is 2. The van der Waals surface area contributed by atoms with Gasteiger partial charge in [0.15, 0.2) is 12.6 Å². The smallest absolute Gasteiger partial charge is 0.311 e. The molecule has 0 unspecified atom stereocenters. The predicted octanol–water partition coefficient (Wildman–Crippen LogP) is 2.05. The maximum atomic E-state index is 14.0. The molecule has 3 aliphatic heterocycles. The van der Waals surface area contributed by atoms with Crippen LogP contribution in [-0.4, -0.2) is 150 Å². The highest BCUT2D eigenvalue weighted by molar-refractivity contribution is 5.83. The van der Waals surface area contributed by atoms with Crippen molar-refractivity contribution in [3.63, 3.8) is 0 Å². The molecule has 3 rings (SSSR count). The molecule has 14 heteroatoms. The number of hydrogen-bond donors (Lipinski definition) is 4. The summed E-state index contributed by atoms with van der Waals surface area (Å²) in [4.78, 5) is 29.8. The highest BCUT2D eigenvalue weighted by Gasteiger charge is 2.53. The lowest BCUT2D eigenvalue weighted by Crippen LogP contribution is -2.61. The Bertz CT molecular complexity index is 1170. The van der Waals surface area contributed by atoms with E-state index < -0.39 is 102 Å². The Kier molecular flexibility index (Phi) is 14.7. The summed E-state index contributed by atoms with van der Waals surface area (Å²) in [5, 5.41) is 45.2. The number of ether oxygens (including phenoxy) is 7. The third kappa shape index (κ3) is 9.33. The van der Waals surface area contributed by atoms with Gasteiger partial charge in [-0.3, -0.25) is 9.59 Å². The quantitative estimate of drug-likeness (QED) is 0.279. The second-order valence-corrected chi connectivity index (χ2v) is 16.4. The van der Waals surface area contributed by atoms with Crippen molar-refractivity contribution in [1.82, 2.24) is 4.90 Å². The van der Waals surface area contributed by atoms with E-state index >= 15 is 0 Å². The average Bonchev–Trinajstić information content (AvgIpc) is 3.07. The molecule has 3 fully saturated rings. The van der Waals surface area contributed by atoms with Crippen LogP contribution in [0.1, 0.15) is 88.5 Å². The third-order valence-corrected chi connectivity index (χ3v) is 12.1. The van der Waals surface area contributed by atoms with Gasteiger partial charge in [0.05, 0.1) is 47.6 Å². The van der Waals surface area contributed by atoms with Crippen LogP contribution in [0.3, 0.4) is 0 Å². The van der Waals surface area contributed by atoms with Gasteiger partial charge in [0.2, 0.25) is 0 Å². The molecule has 0 aromatic rings. The highest BCUT2D eigenvalue weighted by atomic mass is 16.7. The minimum atomic E-state index is -1.97. The number of aliphatic hydroxyl groups excluding tert-OH is 3. The van der Waals surface area contributed by atoms with Gasteiger partial charge >= 0.3 is 5.97 Å². The number of hydrogen-bond acceptors (Lipinski definition) is 14. The molecule has 0 aromatic heterocycles. The first-order chi connectivity index (χ1) is 23.4. The molecule has 0 radical (unpaired) electrons. The molecule has 0 aromatic carbocycles. The summed E-state index contributed by atoms with van der Waals surface area (Å²) in [7, 11) is 6.75. The summed E-state index contributed by atoms with van der Waals surface area (Å²) in [6.45, 7) is 16.7. The normalized spacial score (nSPS) is 49.7. The van der Waals surface area contributed by atoms with E-state index in [1.807, 2.05) is 32.8 Å². The van der Waals surface area contributed by atoms with Crippen LogP contribution < -0.4 is 0 Å². The van der Waals surface area contributed by atoms with Gasteiger partial charge in [-0.05, 0) is 75.4 Å². The van der Waals surface area contributed by atoms with Gasteiger partial charge in [0.25, 0.3) is 0 Å². The van der Waals surface area contributed by atoms with Crippen LogP contribution >= 0.6 is 0 Å². The number of ketones is 1. The molecule has 51 heavy (non-hydrogen) atoms. The Balaban J connectivity index is 2.20. The van der Waals surface area contributed by atoms with E-state index in [-0.39, 0.29) is 30.8 Å². The van der Waals surface area contributed by atoms with E-state index in [0.29, 0.717) is 6.42 Å². The fourth-order valence-electron chi connectivity index (χ4n) is 8.17. The lowest BCUT2D eigenvalue weighted by Gasteiger charge is -2.49. The summed E-state index contributed by atoms with van der Waals surface area (Å²) in [6, 6.07) is -0.283. The summed E-state index contributed by atoms with van der Waals surface area (Å²) in [5.41, 5.74) is -4.25. The van der Waals surface area contributed by atoms with Gasteiger partial charge in [-0.1, -0.05) is 20.8 Å². The largest absolute Gasteiger partial charge is 0.459 e. The van der Waals surface area contributed by atoms with E-state index in [2.05, 4.69) is 0 Å². The fourth-order valence-corrected chi connectivity index (χ4v) is 8.17. The Labute approximate surface area is 304 Å². The topological polar surface area (TPSA) is 183 Å². The van der Waals surface area contributed by atoms with Crippen LogP contribution in [0.25, 0.3) is 0 Å². The number of esters is 1. The van der Waals surface area contributed by atoms with Gasteiger partial charge in [0.1, 0.15) is 29.7 Å². The van der Waals surface area contributed by atoms with Crippen LogP contribution in [0.2, 0.25) is 0 Å². The maximum absolute atomic E-state index is 14.0. The zero-order valence-electron chi connectivity index (χ0n) is 33.2. The van der Waals surface area contributed by atoms with Crippen molar-refractivity contribution in [1.29, 1.82) is 0 Å². The third-order valence-electron chi connectivity index (χ3n) is 12.1. The van der Waals surface area contributed by atoms with Crippen LogP contribution in [0.5, 0.6) is 0 Å². The maximum Gasteiger partial charge on any atom is 0.311 e. The molecular formula is C37H67NO13. The van der Waals surface area contributed by atoms with Crippen LogP contribution in [0.15, 0.2) is 0 Å². The van der Waals surface area contributed by atoms with E-state index in [1.165, 1.54) is 35.0 Å². The number of nitrogens with zero attached hydrogens (tertiary/aromatic N) is 1. The molecule has 0 amide bonds. The van der Waals surface area contributed by atoms with Crippen molar-refractivity contribution < 1.29 is 63.2 Å². The minimum Gasteiger partial charge on any atom is -0.459 e. The van der Waals surface area contributed by atoms with Crippen molar-refractivity contribution in [2.24, 2.45) is 23.7 Å². The van der Waals surface area contributed by atoms with Crippen molar-refractivity contribution in [2.75, 3.05) is 28.3 Å². The molecule has 3 saturated heterocycles. The van der Waals surface area contributed by atoms with E-state index in [4.69, 9.17) is 33.2 Å². The molecule has 0 bridgehead atoms. The first-order valence-corrected chi connectivity index (χ1v) is 18.3. The van der Waals surface area contributed by atoms with E-state index in [0.717, 1.165) is 0 Å². The second kappa shape index (κ2) is 17.0. The SMILES string of the molecule is CO[C@]1(C)C[C@@H](C)C(=O)[C@H](C)[C@@H](O)[C@@](C)(O)[C@@H](C)OC(=O)[C@H](C)[C@@H](O[C@H]2C[C@@](C)(OC)[C@@H](O)[C@H](C)O2)[C@H](C)[C@H]1O[C@@H]1O[C@H](C)C[C@H](N(C)C)[C@H]1O.